The normalized spacial score (nSPS) is 32.4. The summed E-state index contributed by atoms with van der Waals surface area (Å²) in [5.74, 6) is 0.915. The van der Waals surface area contributed by atoms with Crippen LogP contribution < -0.4 is 5.32 Å². The number of rotatable bonds is 2. The first kappa shape index (κ1) is 11.3. The van der Waals surface area contributed by atoms with Crippen LogP contribution >= 0.6 is 0 Å². The van der Waals surface area contributed by atoms with E-state index in [2.05, 4.69) is 36.5 Å². The topological polar surface area (TPSA) is 12.0 Å². The summed E-state index contributed by atoms with van der Waals surface area (Å²) in [6.07, 6.45) is 8.15. The maximum absolute atomic E-state index is 3.90. The molecule has 17 heavy (non-hydrogen) atoms. The van der Waals surface area contributed by atoms with Crippen LogP contribution in [-0.2, 0) is 6.42 Å². The van der Waals surface area contributed by atoms with Crippen molar-refractivity contribution in [3.05, 3.63) is 35.4 Å². The van der Waals surface area contributed by atoms with Gasteiger partial charge in [0.25, 0.3) is 0 Å². The van der Waals surface area contributed by atoms with Crippen LogP contribution in [0, 0.1) is 5.92 Å². The van der Waals surface area contributed by atoms with Crippen molar-refractivity contribution in [1.29, 1.82) is 0 Å². The Bertz CT molecular complexity index is 385. The smallest absolute Gasteiger partial charge is 0.0328 e. The molecule has 2 aliphatic rings. The summed E-state index contributed by atoms with van der Waals surface area (Å²) < 4.78 is 0. The molecule has 3 unspecified atom stereocenters. The van der Waals surface area contributed by atoms with Gasteiger partial charge in [0, 0.05) is 12.1 Å². The highest BCUT2D eigenvalue weighted by atomic mass is 15.0. The van der Waals surface area contributed by atoms with E-state index in [0.29, 0.717) is 6.04 Å². The first-order valence-corrected chi connectivity index (χ1v) is 7.17. The van der Waals surface area contributed by atoms with Crippen LogP contribution in [0.3, 0.4) is 0 Å². The molecule has 0 saturated heterocycles. The molecule has 0 spiro atoms. The number of fused-ring (bicyclic) bond motifs is 1. The van der Waals surface area contributed by atoms with Gasteiger partial charge in [-0.3, -0.25) is 0 Å². The highest BCUT2D eigenvalue weighted by Gasteiger charge is 2.26. The molecule has 1 fully saturated rings. The van der Waals surface area contributed by atoms with Gasteiger partial charge in [-0.25, -0.2) is 0 Å². The summed E-state index contributed by atoms with van der Waals surface area (Å²) >= 11 is 0. The molecular formula is C16H23N. The molecule has 1 heteroatoms. The van der Waals surface area contributed by atoms with E-state index in [0.717, 1.165) is 12.0 Å². The van der Waals surface area contributed by atoms with Crippen LogP contribution in [0.2, 0.25) is 0 Å². The lowest BCUT2D eigenvalue weighted by molar-refractivity contribution is 0.280. The zero-order valence-corrected chi connectivity index (χ0v) is 10.8. The van der Waals surface area contributed by atoms with Gasteiger partial charge in [-0.05, 0) is 42.7 Å². The fourth-order valence-electron chi connectivity index (χ4n) is 3.60. The molecule has 0 heterocycles. The van der Waals surface area contributed by atoms with Crippen LogP contribution in [0.1, 0.15) is 56.2 Å². The predicted molar refractivity (Wildman–Crippen MR) is 72.1 cm³/mol. The zero-order chi connectivity index (χ0) is 11.7. The third kappa shape index (κ3) is 2.40. The van der Waals surface area contributed by atoms with Gasteiger partial charge >= 0.3 is 0 Å². The van der Waals surface area contributed by atoms with Crippen molar-refractivity contribution in [3.63, 3.8) is 0 Å². The fraction of sp³-hybridized carbons (Fsp3) is 0.625. The van der Waals surface area contributed by atoms with Gasteiger partial charge in [0.1, 0.15) is 0 Å². The minimum absolute atomic E-state index is 0.626. The first-order chi connectivity index (χ1) is 8.33. The quantitative estimate of drug-likeness (QED) is 0.812. The highest BCUT2D eigenvalue weighted by Crippen LogP contribution is 2.33. The Morgan fingerprint density at radius 1 is 1.12 bits per heavy atom. The first-order valence-electron chi connectivity index (χ1n) is 7.17. The Morgan fingerprint density at radius 2 is 2.00 bits per heavy atom. The van der Waals surface area contributed by atoms with Crippen molar-refractivity contribution in [2.75, 3.05) is 0 Å². The van der Waals surface area contributed by atoms with E-state index in [9.17, 15) is 0 Å². The molecule has 1 aromatic carbocycles. The minimum atomic E-state index is 0.626. The molecule has 0 bridgehead atoms. The standard InChI is InChI=1S/C16H23N/c1-12-5-4-7-14(11-12)17-16-10-9-13-6-2-3-8-15(13)16/h2-3,6,8,12,14,16-17H,4-5,7,9-11H2,1H3. The molecule has 3 rings (SSSR count). The molecule has 1 nitrogen and oxygen atoms in total. The number of hydrogen-bond donors (Lipinski definition) is 1. The van der Waals surface area contributed by atoms with E-state index in [1.807, 2.05) is 0 Å². The molecule has 1 saturated carbocycles. The highest BCUT2D eigenvalue weighted by molar-refractivity contribution is 5.34. The van der Waals surface area contributed by atoms with Gasteiger partial charge < -0.3 is 5.32 Å². The lowest BCUT2D eigenvalue weighted by Crippen LogP contribution is -2.35. The summed E-state index contributed by atoms with van der Waals surface area (Å²) in [7, 11) is 0. The van der Waals surface area contributed by atoms with Crippen LogP contribution in [0.25, 0.3) is 0 Å². The van der Waals surface area contributed by atoms with Gasteiger partial charge in [0.15, 0.2) is 0 Å². The van der Waals surface area contributed by atoms with Gasteiger partial charge in [0.2, 0.25) is 0 Å². The minimum Gasteiger partial charge on any atom is -0.307 e. The molecule has 0 amide bonds. The summed E-state index contributed by atoms with van der Waals surface area (Å²) in [5, 5.41) is 3.90. The van der Waals surface area contributed by atoms with E-state index in [1.165, 1.54) is 38.5 Å². The molecular weight excluding hydrogens is 206 g/mol. The lowest BCUT2D eigenvalue weighted by Gasteiger charge is -2.30. The SMILES string of the molecule is CC1CCCC(NC2CCc3ccccc32)C1. The third-order valence-corrected chi connectivity index (χ3v) is 4.51. The Labute approximate surface area is 105 Å². The summed E-state index contributed by atoms with van der Waals surface area (Å²) in [4.78, 5) is 0. The van der Waals surface area contributed by atoms with Crippen LogP contribution in [0.15, 0.2) is 24.3 Å². The van der Waals surface area contributed by atoms with Crippen LogP contribution in [0.5, 0.6) is 0 Å². The van der Waals surface area contributed by atoms with E-state index in [4.69, 9.17) is 0 Å². The van der Waals surface area contributed by atoms with E-state index in [1.54, 1.807) is 11.1 Å². The summed E-state index contributed by atoms with van der Waals surface area (Å²) in [6, 6.07) is 10.3. The maximum atomic E-state index is 3.90. The van der Waals surface area contributed by atoms with Gasteiger partial charge in [-0.1, -0.05) is 44.0 Å². The Morgan fingerprint density at radius 3 is 2.88 bits per heavy atom. The Balaban J connectivity index is 1.67. The second-order valence-corrected chi connectivity index (χ2v) is 5.93. The van der Waals surface area contributed by atoms with Crippen molar-refractivity contribution >= 4 is 0 Å². The second kappa shape index (κ2) is 4.81. The molecule has 0 aliphatic heterocycles. The van der Waals surface area contributed by atoms with Gasteiger partial charge in [0.05, 0.1) is 0 Å². The maximum Gasteiger partial charge on any atom is 0.0328 e. The Hall–Kier alpha value is -0.820. The number of aryl methyl sites for hydroxylation is 1. The lowest BCUT2D eigenvalue weighted by atomic mass is 9.86. The van der Waals surface area contributed by atoms with Gasteiger partial charge in [-0.15, -0.1) is 0 Å². The molecule has 2 aliphatic carbocycles. The molecule has 0 radical (unpaired) electrons. The fourth-order valence-corrected chi connectivity index (χ4v) is 3.60. The number of hydrogen-bond acceptors (Lipinski definition) is 1. The molecule has 92 valence electrons. The average Bonchev–Trinajstić information content (AvgIpc) is 2.73. The zero-order valence-electron chi connectivity index (χ0n) is 10.8. The Kier molecular flexibility index (Phi) is 3.19. The largest absolute Gasteiger partial charge is 0.307 e. The number of nitrogens with one attached hydrogen (secondary N) is 1. The van der Waals surface area contributed by atoms with Crippen LogP contribution in [-0.4, -0.2) is 6.04 Å². The van der Waals surface area contributed by atoms with Crippen molar-refractivity contribution in [3.8, 4) is 0 Å². The van der Waals surface area contributed by atoms with E-state index in [-0.39, 0.29) is 0 Å². The molecule has 3 atom stereocenters. The monoisotopic (exact) mass is 229 g/mol. The summed E-state index contributed by atoms with van der Waals surface area (Å²) in [6.45, 7) is 2.40. The molecule has 1 N–H and O–H groups in total. The van der Waals surface area contributed by atoms with Gasteiger partial charge in [-0.2, -0.15) is 0 Å². The van der Waals surface area contributed by atoms with E-state index >= 15 is 0 Å². The van der Waals surface area contributed by atoms with Crippen molar-refractivity contribution in [2.24, 2.45) is 5.92 Å². The van der Waals surface area contributed by atoms with Crippen molar-refractivity contribution in [2.45, 2.75) is 57.5 Å². The van der Waals surface area contributed by atoms with Crippen LogP contribution in [0.4, 0.5) is 0 Å². The third-order valence-electron chi connectivity index (χ3n) is 4.51. The summed E-state index contributed by atoms with van der Waals surface area (Å²) in [5.41, 5.74) is 3.12. The second-order valence-electron chi connectivity index (χ2n) is 5.93. The average molecular weight is 229 g/mol. The van der Waals surface area contributed by atoms with Crippen molar-refractivity contribution in [1.82, 2.24) is 5.32 Å². The van der Waals surface area contributed by atoms with E-state index < -0.39 is 0 Å². The molecule has 1 aromatic rings. The number of benzene rings is 1. The van der Waals surface area contributed by atoms with Crippen molar-refractivity contribution < 1.29 is 0 Å². The molecule has 0 aromatic heterocycles. The predicted octanol–water partition coefficient (Wildman–Crippen LogP) is 3.84.